The summed E-state index contributed by atoms with van der Waals surface area (Å²) in [5, 5.41) is 9.89. The van der Waals surface area contributed by atoms with E-state index in [1.54, 1.807) is 58.4 Å². The molecule has 3 saturated heterocycles. The Morgan fingerprint density at radius 2 is 1.16 bits per heavy atom. The molecule has 0 aliphatic carbocycles. The van der Waals surface area contributed by atoms with Crippen molar-refractivity contribution in [1.29, 1.82) is 5.26 Å². The van der Waals surface area contributed by atoms with Crippen molar-refractivity contribution >= 4 is 39.6 Å². The van der Waals surface area contributed by atoms with Crippen LogP contribution in [0, 0.1) is 38.0 Å². The summed E-state index contributed by atoms with van der Waals surface area (Å²) in [6.45, 7) is 12.0. The number of phosphoric ester groups is 1. The Morgan fingerprint density at radius 3 is 1.69 bits per heavy atom. The van der Waals surface area contributed by atoms with E-state index in [2.05, 4.69) is 21.0 Å². The Bertz CT molecular complexity index is 4680. The van der Waals surface area contributed by atoms with E-state index in [9.17, 15) is 34.0 Å². The van der Waals surface area contributed by atoms with Crippen molar-refractivity contribution < 1.29 is 55.6 Å². The molecule has 0 radical (unpaired) electrons. The highest BCUT2D eigenvalue weighted by Crippen LogP contribution is 2.58. The minimum atomic E-state index is -5.11. The molecule has 3 fully saturated rings. The summed E-state index contributed by atoms with van der Waals surface area (Å²) in [6, 6.07) is 39.7. The Labute approximate surface area is 604 Å². The van der Waals surface area contributed by atoms with Crippen molar-refractivity contribution in [3.8, 4) is 23.3 Å². The smallest absolute Gasteiger partial charge is 0.497 e. The average molecular weight is 1490 g/mol. The van der Waals surface area contributed by atoms with Crippen LogP contribution in [0.25, 0.3) is 0 Å². The number of nitrogens with zero attached hydrogens (tertiary/aromatic N) is 5. The fourth-order valence-corrected chi connectivity index (χ4v) is 17.2. The van der Waals surface area contributed by atoms with Crippen molar-refractivity contribution in [2.75, 3.05) is 34.0 Å². The minimum absolute atomic E-state index is 0.00722. The van der Waals surface area contributed by atoms with Crippen molar-refractivity contribution in [3.05, 3.63) is 257 Å². The van der Waals surface area contributed by atoms with Crippen LogP contribution in [0.3, 0.4) is 0 Å². The van der Waals surface area contributed by atoms with E-state index >= 15 is 4.57 Å². The molecule has 546 valence electrons. The highest BCUT2D eigenvalue weighted by molar-refractivity contribution is 7.49. The third-order valence-electron chi connectivity index (χ3n) is 18.5. The van der Waals surface area contributed by atoms with Crippen LogP contribution in [0.2, 0.25) is 10.0 Å². The van der Waals surface area contributed by atoms with Gasteiger partial charge in [-0.2, -0.15) is 5.26 Å². The lowest BCUT2D eigenvalue weighted by Gasteiger charge is -2.39. The van der Waals surface area contributed by atoms with E-state index < -0.39 is 123 Å². The Morgan fingerprint density at radius 1 is 0.641 bits per heavy atom. The lowest BCUT2D eigenvalue weighted by molar-refractivity contribution is -0.0963. The fraction of sp³-hybridized carbons (Fsp3) is 0.411. The first-order valence-electron chi connectivity index (χ1n) is 33.7. The van der Waals surface area contributed by atoms with Crippen molar-refractivity contribution in [1.82, 2.24) is 33.3 Å². The van der Waals surface area contributed by atoms with Gasteiger partial charge in [-0.15, -0.1) is 0 Å². The number of ether oxygens (including phenoxy) is 6. The highest BCUT2D eigenvalue weighted by atomic mass is 35.5. The summed E-state index contributed by atoms with van der Waals surface area (Å²) in [5.74, 6) is -0.769. The van der Waals surface area contributed by atoms with Crippen LogP contribution < -0.4 is 47.7 Å². The van der Waals surface area contributed by atoms with E-state index in [0.717, 1.165) is 5.56 Å². The number of aromatic amines is 3. The Kier molecular flexibility index (Phi) is 24.6. The number of methoxy groups -OCH3 is 2. The molecule has 5 aromatic carbocycles. The Hall–Kier alpha value is -8.09. The normalized spacial score (nSPS) is 21.7. The summed E-state index contributed by atoms with van der Waals surface area (Å²) >= 11 is 13.9. The van der Waals surface area contributed by atoms with Gasteiger partial charge in [0.25, 0.3) is 25.2 Å². The zero-order chi connectivity index (χ0) is 73.4. The number of hydrogen-bond acceptors (Lipinski definition) is 20. The van der Waals surface area contributed by atoms with Crippen LogP contribution in [-0.2, 0) is 47.2 Å². The van der Waals surface area contributed by atoms with E-state index in [1.807, 2.05) is 117 Å². The monoisotopic (exact) mass is 1490 g/mol. The van der Waals surface area contributed by atoms with Crippen LogP contribution in [-0.4, -0.2) is 110 Å². The molecule has 0 amide bonds. The molecule has 103 heavy (non-hydrogen) atoms. The van der Waals surface area contributed by atoms with Crippen molar-refractivity contribution in [3.63, 3.8) is 0 Å². The van der Waals surface area contributed by atoms with Crippen LogP contribution in [0.15, 0.2) is 175 Å². The van der Waals surface area contributed by atoms with Crippen LogP contribution >= 0.6 is 39.6 Å². The molecular formula is C73H82Cl2N8O18P2. The molecular weight excluding hydrogens is 1410 g/mol. The lowest BCUT2D eigenvalue weighted by atomic mass is 9.76. The molecule has 0 saturated carbocycles. The maximum atomic E-state index is 16.4. The number of nitrogens with one attached hydrogen (secondary N) is 3. The Balaban J connectivity index is 1.03. The van der Waals surface area contributed by atoms with E-state index in [1.165, 1.54) is 51.3 Å². The van der Waals surface area contributed by atoms with Gasteiger partial charge in [0.2, 0.25) is 0 Å². The molecule has 12 atom stereocenters. The zero-order valence-electron chi connectivity index (χ0n) is 58.2. The number of para-hydroxylation sites is 1. The molecule has 3 unspecified atom stereocenters. The number of hydrogen-bond donors (Lipinski definition) is 3. The third-order valence-corrected chi connectivity index (χ3v) is 22.6. The maximum Gasteiger partial charge on any atom is 0.530 e. The molecule has 0 bridgehead atoms. The molecule has 3 N–H and O–H groups in total. The van der Waals surface area contributed by atoms with Gasteiger partial charge in [-0.25, -0.2) is 23.6 Å². The van der Waals surface area contributed by atoms with Crippen LogP contribution in [0.4, 0.5) is 0 Å². The van der Waals surface area contributed by atoms with Gasteiger partial charge in [0.15, 0.2) is 0 Å². The van der Waals surface area contributed by atoms with Crippen molar-refractivity contribution in [2.45, 2.75) is 153 Å². The molecule has 3 aromatic heterocycles. The van der Waals surface area contributed by atoms with Crippen LogP contribution in [0.1, 0.15) is 123 Å². The number of H-pyrrole nitrogens is 3. The summed E-state index contributed by atoms with van der Waals surface area (Å²) in [6.07, 6.45) is -4.99. The first-order chi connectivity index (χ1) is 49.4. The van der Waals surface area contributed by atoms with Gasteiger partial charge >= 0.3 is 24.9 Å². The molecule has 26 nitrogen and oxygen atoms in total. The average Bonchev–Trinajstić information content (AvgIpc) is 1.73. The van der Waals surface area contributed by atoms with E-state index in [-0.39, 0.29) is 84.9 Å². The number of benzene rings is 5. The predicted octanol–water partition coefficient (Wildman–Crippen LogP) is 11.8. The summed E-state index contributed by atoms with van der Waals surface area (Å²) in [5.41, 5.74) is -2.29. The molecule has 3 aliphatic heterocycles. The molecule has 6 heterocycles. The van der Waals surface area contributed by atoms with Gasteiger partial charge in [0.05, 0.1) is 76.0 Å². The second kappa shape index (κ2) is 33.3. The first kappa shape index (κ1) is 76.1. The number of nitriles is 1. The number of rotatable bonds is 30. The second-order valence-corrected chi connectivity index (χ2v) is 29.7. The number of aryl methyl sites for hydroxylation is 3. The van der Waals surface area contributed by atoms with Gasteiger partial charge in [0, 0.05) is 83.5 Å². The van der Waals surface area contributed by atoms with Gasteiger partial charge in [0.1, 0.15) is 47.6 Å². The fourth-order valence-electron chi connectivity index (χ4n) is 13.6. The standard InChI is InChI=1S/C73H82Cl2N8O18P2/c1-43(2)83(44(3)4)102(94-33-16-32-76)99-59-37-63(81-40-46(6)68(85)78-71(81)88)96-58(59)31-34-95-103(90,100-57-22-14-13-21-56(57)75)101-60-38-64(82-41-47(7)69(86)79-72(82)89)98-66(60)65(48-17-15-20-52(74)35-48)55-36-62(80-39-45(5)67(84)77-70(80)87)97-61(55)42-93-73(49-18-11-10-12-19-49,50-23-27-53(91-8)28-24-50)51-25-29-54(92-9)30-26-51/h10-15,17-30,35,39-41,43-44,55,58-66H,16,31,33-34,36-38,42H2,1-9H3,(H,77,84,87)(H,78,85,88)(H,79,86,89)/t55-,58-,59+,60+,61-,62-,63-,64-,65?,66+,102?,103?/m1/s1. The molecule has 0 spiro atoms. The van der Waals surface area contributed by atoms with Gasteiger partial charge in [-0.05, 0) is 126 Å². The molecule has 3 aliphatic rings. The summed E-state index contributed by atoms with van der Waals surface area (Å²) in [4.78, 5) is 87.9. The highest BCUT2D eigenvalue weighted by Gasteiger charge is 2.54. The third kappa shape index (κ3) is 17.2. The SMILES string of the molecule is COc1ccc(C(OC[C@H]2O[C@@H](n3cc(C)c(=O)[nH]c3=O)C[C@H]2C(c2cccc(Cl)c2)[C@H]2O[C@@H](n3cc(C)c(=O)[nH]c3=O)C[C@@H]2OP(=O)(OCC[C@H]2O[C@@H](n3cc(C)c(=O)[nH]c3=O)C[C@@H]2OP(OCCC#N)N(C(C)C)C(C)C)Oc2ccccc2Cl)(c2ccccc2)c2ccc(OC)cc2)cc1. The van der Waals surface area contributed by atoms with Gasteiger partial charge in [-0.3, -0.25) is 52.1 Å². The van der Waals surface area contributed by atoms with Crippen LogP contribution in [0.5, 0.6) is 17.2 Å². The topological polar surface area (TPSA) is 310 Å². The minimum Gasteiger partial charge on any atom is -0.497 e. The largest absolute Gasteiger partial charge is 0.530 e. The molecule has 30 heteroatoms. The van der Waals surface area contributed by atoms with Gasteiger partial charge in [-0.1, -0.05) is 102 Å². The number of aromatic nitrogens is 6. The summed E-state index contributed by atoms with van der Waals surface area (Å²) < 4.78 is 95.4. The number of phosphoric acid groups is 1. The molecule has 8 aromatic rings. The van der Waals surface area contributed by atoms with E-state index in [4.69, 9.17) is 74.2 Å². The van der Waals surface area contributed by atoms with E-state index in [0.29, 0.717) is 33.2 Å². The molecule has 11 rings (SSSR count). The second-order valence-electron chi connectivity index (χ2n) is 25.9. The quantitative estimate of drug-likeness (QED) is 0.0214. The summed E-state index contributed by atoms with van der Waals surface area (Å²) in [7, 11) is -3.87. The van der Waals surface area contributed by atoms with Gasteiger partial charge < -0.3 is 42.0 Å². The number of halogens is 2. The maximum absolute atomic E-state index is 16.4. The van der Waals surface area contributed by atoms with Crippen molar-refractivity contribution in [2.24, 2.45) is 5.92 Å². The first-order valence-corrected chi connectivity index (χ1v) is 37.0. The predicted molar refractivity (Wildman–Crippen MR) is 385 cm³/mol. The lowest BCUT2D eigenvalue weighted by Crippen LogP contribution is -2.41. The zero-order valence-corrected chi connectivity index (χ0v) is 61.5.